The standard InChI is InChI=1S/C26H26ClN5O3/c1-34-23-7-2-3-8-24(23)35-20-6-4-5-18(15-20)17-32-13-11-26(33,12-14-32)22-16-19(27)9-10-21(22)25-28-30-31-29-25/h2-10,15-16,33H,11-14,17H2,1H3,(H,28,29,30,31). The highest BCUT2D eigenvalue weighted by molar-refractivity contribution is 6.30. The van der Waals surface area contributed by atoms with Crippen LogP contribution in [0.1, 0.15) is 24.0 Å². The molecular weight excluding hydrogens is 466 g/mol. The number of piperidine rings is 1. The van der Waals surface area contributed by atoms with Crippen LogP contribution in [0.15, 0.2) is 66.7 Å². The molecule has 1 aliphatic rings. The number of H-pyrrole nitrogens is 1. The van der Waals surface area contributed by atoms with Gasteiger partial charge in [0, 0.05) is 30.2 Å². The highest BCUT2D eigenvalue weighted by Crippen LogP contribution is 2.39. The Labute approximate surface area is 208 Å². The average molecular weight is 492 g/mol. The third-order valence-corrected chi connectivity index (χ3v) is 6.59. The van der Waals surface area contributed by atoms with Crippen molar-refractivity contribution in [2.24, 2.45) is 0 Å². The fourth-order valence-electron chi connectivity index (χ4n) is 4.52. The van der Waals surface area contributed by atoms with Gasteiger partial charge in [-0.05, 0) is 71.6 Å². The summed E-state index contributed by atoms with van der Waals surface area (Å²) in [7, 11) is 1.63. The van der Waals surface area contributed by atoms with E-state index >= 15 is 0 Å². The van der Waals surface area contributed by atoms with Crippen LogP contribution in [0.3, 0.4) is 0 Å². The van der Waals surface area contributed by atoms with E-state index in [4.69, 9.17) is 21.1 Å². The fraction of sp³-hybridized carbons (Fsp3) is 0.269. The van der Waals surface area contributed by atoms with E-state index in [1.54, 1.807) is 13.2 Å². The quantitative estimate of drug-likeness (QED) is 0.383. The van der Waals surface area contributed by atoms with Crippen molar-refractivity contribution in [3.63, 3.8) is 0 Å². The smallest absolute Gasteiger partial charge is 0.205 e. The van der Waals surface area contributed by atoms with Crippen LogP contribution in [0.4, 0.5) is 0 Å². The molecule has 3 aromatic carbocycles. The number of aromatic nitrogens is 4. The van der Waals surface area contributed by atoms with E-state index in [0.717, 1.165) is 42.1 Å². The van der Waals surface area contributed by atoms with Crippen molar-refractivity contribution in [1.29, 1.82) is 0 Å². The summed E-state index contributed by atoms with van der Waals surface area (Å²) in [6.07, 6.45) is 1.13. The Bertz CT molecular complexity index is 1290. The van der Waals surface area contributed by atoms with E-state index in [1.807, 2.05) is 54.6 Å². The number of benzene rings is 3. The largest absolute Gasteiger partial charge is 0.493 e. The molecule has 180 valence electrons. The average Bonchev–Trinajstić information content (AvgIpc) is 3.41. The molecule has 0 amide bonds. The van der Waals surface area contributed by atoms with E-state index in [0.29, 0.717) is 35.2 Å². The maximum Gasteiger partial charge on any atom is 0.205 e. The van der Waals surface area contributed by atoms with E-state index in [9.17, 15) is 5.11 Å². The molecule has 0 saturated carbocycles. The van der Waals surface area contributed by atoms with Gasteiger partial charge in [-0.2, -0.15) is 5.21 Å². The van der Waals surface area contributed by atoms with E-state index < -0.39 is 5.60 Å². The van der Waals surface area contributed by atoms with Gasteiger partial charge in [0.1, 0.15) is 5.75 Å². The monoisotopic (exact) mass is 491 g/mol. The predicted molar refractivity (Wildman–Crippen MR) is 133 cm³/mol. The SMILES string of the molecule is COc1ccccc1Oc1cccc(CN2CCC(O)(c3cc(Cl)ccc3-c3nn[nH]n3)CC2)c1. The van der Waals surface area contributed by atoms with Crippen LogP contribution < -0.4 is 9.47 Å². The minimum Gasteiger partial charge on any atom is -0.493 e. The second-order valence-electron chi connectivity index (χ2n) is 8.63. The van der Waals surface area contributed by atoms with Crippen molar-refractivity contribution < 1.29 is 14.6 Å². The molecule has 0 unspecified atom stereocenters. The van der Waals surface area contributed by atoms with E-state index in [1.165, 1.54) is 0 Å². The van der Waals surface area contributed by atoms with Gasteiger partial charge >= 0.3 is 0 Å². The van der Waals surface area contributed by atoms with Gasteiger partial charge in [0.05, 0.1) is 12.7 Å². The third-order valence-electron chi connectivity index (χ3n) is 6.35. The van der Waals surface area contributed by atoms with Gasteiger partial charge in [-0.15, -0.1) is 10.2 Å². The molecule has 0 aliphatic carbocycles. The second kappa shape index (κ2) is 10.0. The molecule has 9 heteroatoms. The normalized spacial score (nSPS) is 15.6. The molecule has 0 bridgehead atoms. The first-order chi connectivity index (χ1) is 17.0. The Kier molecular flexibility index (Phi) is 6.68. The fourth-order valence-corrected chi connectivity index (χ4v) is 4.69. The molecule has 0 atom stereocenters. The Morgan fingerprint density at radius 3 is 2.57 bits per heavy atom. The number of para-hydroxylation sites is 2. The van der Waals surface area contributed by atoms with Crippen LogP contribution in [0.25, 0.3) is 11.4 Å². The van der Waals surface area contributed by atoms with Crippen LogP contribution in [-0.4, -0.2) is 50.8 Å². The number of aromatic amines is 1. The number of tetrazole rings is 1. The van der Waals surface area contributed by atoms with Gasteiger partial charge in [0.15, 0.2) is 11.5 Å². The van der Waals surface area contributed by atoms with Crippen LogP contribution in [0.5, 0.6) is 17.2 Å². The lowest BCUT2D eigenvalue weighted by molar-refractivity contribution is -0.0273. The van der Waals surface area contributed by atoms with Crippen molar-refractivity contribution in [1.82, 2.24) is 25.5 Å². The molecule has 0 radical (unpaired) electrons. The van der Waals surface area contributed by atoms with Gasteiger partial charge in [-0.1, -0.05) is 35.9 Å². The van der Waals surface area contributed by atoms with Crippen molar-refractivity contribution >= 4 is 11.6 Å². The zero-order valence-electron chi connectivity index (χ0n) is 19.3. The topological polar surface area (TPSA) is 96.4 Å². The van der Waals surface area contributed by atoms with Crippen molar-refractivity contribution in [3.05, 3.63) is 82.9 Å². The maximum atomic E-state index is 11.6. The number of nitrogens with zero attached hydrogens (tertiary/aromatic N) is 4. The van der Waals surface area contributed by atoms with Gasteiger partial charge in [0.2, 0.25) is 5.82 Å². The number of rotatable bonds is 7. The lowest BCUT2D eigenvalue weighted by Gasteiger charge is -2.39. The van der Waals surface area contributed by atoms with Gasteiger partial charge in [-0.3, -0.25) is 4.90 Å². The lowest BCUT2D eigenvalue weighted by Crippen LogP contribution is -2.42. The minimum atomic E-state index is -1.02. The highest BCUT2D eigenvalue weighted by Gasteiger charge is 2.36. The van der Waals surface area contributed by atoms with Crippen LogP contribution >= 0.6 is 11.6 Å². The summed E-state index contributed by atoms with van der Waals surface area (Å²) in [4.78, 5) is 2.33. The molecule has 2 heterocycles. The van der Waals surface area contributed by atoms with Crippen LogP contribution in [-0.2, 0) is 12.1 Å². The number of ether oxygens (including phenoxy) is 2. The first kappa shape index (κ1) is 23.3. The Balaban J connectivity index is 1.27. The maximum absolute atomic E-state index is 11.6. The summed E-state index contributed by atoms with van der Waals surface area (Å²) in [6.45, 7) is 2.21. The molecule has 5 rings (SSSR count). The lowest BCUT2D eigenvalue weighted by atomic mass is 9.81. The predicted octanol–water partition coefficient (Wildman–Crippen LogP) is 4.80. The molecule has 2 N–H and O–H groups in total. The molecule has 1 aliphatic heterocycles. The number of likely N-dealkylation sites (tertiary alicyclic amines) is 1. The molecule has 1 aromatic heterocycles. The number of aliphatic hydroxyl groups is 1. The third kappa shape index (κ3) is 5.14. The molecule has 4 aromatic rings. The minimum absolute atomic E-state index is 0.444. The molecule has 1 fully saturated rings. The number of halogens is 1. The number of nitrogens with one attached hydrogen (secondary N) is 1. The summed E-state index contributed by atoms with van der Waals surface area (Å²) >= 11 is 6.28. The first-order valence-electron chi connectivity index (χ1n) is 11.4. The first-order valence-corrected chi connectivity index (χ1v) is 11.8. The Hall–Kier alpha value is -3.46. The number of hydrogen-bond acceptors (Lipinski definition) is 7. The zero-order chi connectivity index (χ0) is 24.3. The summed E-state index contributed by atoms with van der Waals surface area (Å²) in [6, 6.07) is 21.0. The molecular formula is C26H26ClN5O3. The second-order valence-corrected chi connectivity index (χ2v) is 9.07. The summed E-state index contributed by atoms with van der Waals surface area (Å²) in [5.41, 5.74) is 1.59. The summed E-state index contributed by atoms with van der Waals surface area (Å²) < 4.78 is 11.5. The Morgan fingerprint density at radius 1 is 1.03 bits per heavy atom. The highest BCUT2D eigenvalue weighted by atomic mass is 35.5. The van der Waals surface area contributed by atoms with Gasteiger partial charge in [-0.25, -0.2) is 0 Å². The van der Waals surface area contributed by atoms with Crippen LogP contribution in [0.2, 0.25) is 5.02 Å². The molecule has 1 saturated heterocycles. The van der Waals surface area contributed by atoms with Crippen molar-refractivity contribution in [3.8, 4) is 28.6 Å². The number of methoxy groups -OCH3 is 1. The van der Waals surface area contributed by atoms with Crippen molar-refractivity contribution in [2.45, 2.75) is 25.0 Å². The van der Waals surface area contributed by atoms with E-state index in [2.05, 4.69) is 31.6 Å². The van der Waals surface area contributed by atoms with Gasteiger partial charge < -0.3 is 14.6 Å². The summed E-state index contributed by atoms with van der Waals surface area (Å²) in [5.74, 6) is 2.56. The Morgan fingerprint density at radius 2 is 1.83 bits per heavy atom. The zero-order valence-corrected chi connectivity index (χ0v) is 20.1. The summed E-state index contributed by atoms with van der Waals surface area (Å²) in [5, 5.41) is 26.5. The molecule has 35 heavy (non-hydrogen) atoms. The van der Waals surface area contributed by atoms with E-state index in [-0.39, 0.29) is 0 Å². The van der Waals surface area contributed by atoms with Crippen molar-refractivity contribution in [2.75, 3.05) is 20.2 Å². The molecule has 8 nitrogen and oxygen atoms in total. The number of hydrogen-bond donors (Lipinski definition) is 2. The van der Waals surface area contributed by atoms with Crippen LogP contribution in [0, 0.1) is 0 Å². The van der Waals surface area contributed by atoms with Gasteiger partial charge in [0.25, 0.3) is 0 Å². The molecule has 0 spiro atoms.